The van der Waals surface area contributed by atoms with Crippen LogP contribution < -0.4 is 10.0 Å². The number of benzene rings is 1. The maximum absolute atomic E-state index is 12.1. The van der Waals surface area contributed by atoms with E-state index in [9.17, 15) is 13.2 Å². The van der Waals surface area contributed by atoms with Gasteiger partial charge in [-0.15, -0.1) is 0 Å². The van der Waals surface area contributed by atoms with Crippen molar-refractivity contribution in [2.75, 3.05) is 11.0 Å². The third kappa shape index (κ3) is 4.87. The van der Waals surface area contributed by atoms with Crippen LogP contribution in [-0.2, 0) is 14.8 Å². The molecule has 0 saturated heterocycles. The van der Waals surface area contributed by atoms with E-state index in [0.29, 0.717) is 18.0 Å². The highest BCUT2D eigenvalue weighted by Gasteiger charge is 2.18. The monoisotopic (exact) mass is 322 g/mol. The molecule has 1 aromatic rings. The Kier molecular flexibility index (Phi) is 5.24. The van der Waals surface area contributed by atoms with Crippen molar-refractivity contribution in [1.29, 1.82) is 0 Å². The van der Waals surface area contributed by atoms with Gasteiger partial charge in [0.25, 0.3) is 0 Å². The highest BCUT2D eigenvalue weighted by molar-refractivity contribution is 7.92. The summed E-state index contributed by atoms with van der Waals surface area (Å²) in [5, 5.41) is 2.94. The fourth-order valence-electron chi connectivity index (χ4n) is 2.65. The number of para-hydroxylation sites is 1. The Hall–Kier alpha value is -1.82. The number of carbonyl (C=O) groups excluding carboxylic acids is 1. The largest absolute Gasteiger partial charge is 0.349 e. The fourth-order valence-corrected chi connectivity index (χ4v) is 3.23. The average Bonchev–Trinajstić information content (AvgIpc) is 2.90. The van der Waals surface area contributed by atoms with Crippen LogP contribution in [0.1, 0.15) is 37.8 Å². The van der Waals surface area contributed by atoms with E-state index in [0.717, 1.165) is 24.7 Å². The van der Waals surface area contributed by atoms with Gasteiger partial charge in [-0.25, -0.2) is 8.42 Å². The number of hydrogen-bond donors (Lipinski definition) is 2. The number of carbonyl (C=O) groups is 1. The molecule has 2 N–H and O–H groups in total. The number of anilines is 1. The van der Waals surface area contributed by atoms with Crippen molar-refractivity contribution >= 4 is 21.6 Å². The van der Waals surface area contributed by atoms with Gasteiger partial charge in [0.05, 0.1) is 18.0 Å². The zero-order chi connectivity index (χ0) is 16.2. The van der Waals surface area contributed by atoms with Gasteiger partial charge in [-0.3, -0.25) is 9.52 Å². The highest BCUT2D eigenvalue weighted by Crippen LogP contribution is 2.24. The van der Waals surface area contributed by atoms with Gasteiger partial charge in [0.2, 0.25) is 15.9 Å². The second-order valence-electron chi connectivity index (χ2n) is 5.72. The summed E-state index contributed by atoms with van der Waals surface area (Å²) in [5.74, 6) is 0.301. The normalized spacial score (nSPS) is 18.9. The Morgan fingerprint density at radius 3 is 2.73 bits per heavy atom. The molecule has 0 spiro atoms. The van der Waals surface area contributed by atoms with Crippen LogP contribution in [0.5, 0.6) is 0 Å². The van der Waals surface area contributed by atoms with Gasteiger partial charge in [-0.05, 0) is 37.3 Å². The summed E-state index contributed by atoms with van der Waals surface area (Å²) in [4.78, 5) is 12.1. The number of sulfonamides is 1. The summed E-state index contributed by atoms with van der Waals surface area (Å²) in [6.45, 7) is 1.85. The lowest BCUT2D eigenvalue weighted by molar-refractivity contribution is -0.122. The number of nitrogens with one attached hydrogen (secondary N) is 2. The van der Waals surface area contributed by atoms with Gasteiger partial charge in [-0.1, -0.05) is 30.4 Å². The predicted molar refractivity (Wildman–Crippen MR) is 87.9 cm³/mol. The van der Waals surface area contributed by atoms with Crippen molar-refractivity contribution in [3.8, 4) is 0 Å². The van der Waals surface area contributed by atoms with Crippen LogP contribution in [0.2, 0.25) is 0 Å². The highest BCUT2D eigenvalue weighted by atomic mass is 32.2. The Balaban J connectivity index is 2.04. The molecule has 6 heteroatoms. The number of amides is 1. The predicted octanol–water partition coefficient (Wildman–Crippen LogP) is 2.59. The van der Waals surface area contributed by atoms with Crippen LogP contribution in [0.3, 0.4) is 0 Å². The molecular weight excluding hydrogens is 300 g/mol. The van der Waals surface area contributed by atoms with E-state index in [2.05, 4.69) is 22.2 Å². The summed E-state index contributed by atoms with van der Waals surface area (Å²) in [6.07, 6.45) is 7.83. The van der Waals surface area contributed by atoms with Gasteiger partial charge in [0, 0.05) is 6.42 Å². The van der Waals surface area contributed by atoms with Crippen LogP contribution in [0.15, 0.2) is 36.4 Å². The summed E-state index contributed by atoms with van der Waals surface area (Å²) in [7, 11) is -3.35. The SMILES string of the molecule is C[C@@H](NC(=O)C[C@@H]1C=CCC1)c1ccccc1NS(C)(=O)=O. The standard InChI is InChI=1S/C16H22N2O3S/c1-12(17-16(19)11-13-7-3-4-8-13)14-9-5-6-10-15(14)18-22(2,20)21/h3,5-7,9-10,12-13,18H,4,8,11H2,1-2H3,(H,17,19)/t12-,13-/m1/s1. The minimum Gasteiger partial charge on any atom is -0.349 e. The maximum Gasteiger partial charge on any atom is 0.229 e. The molecule has 2 atom stereocenters. The van der Waals surface area contributed by atoms with Gasteiger partial charge in [-0.2, -0.15) is 0 Å². The number of hydrogen-bond acceptors (Lipinski definition) is 3. The van der Waals surface area contributed by atoms with Crippen molar-refractivity contribution in [1.82, 2.24) is 5.32 Å². The molecule has 2 rings (SSSR count). The van der Waals surface area contributed by atoms with Gasteiger partial charge >= 0.3 is 0 Å². The quantitative estimate of drug-likeness (QED) is 0.791. The van der Waals surface area contributed by atoms with E-state index in [1.54, 1.807) is 12.1 Å². The van der Waals surface area contributed by atoms with E-state index in [1.807, 2.05) is 19.1 Å². The molecule has 0 aromatic heterocycles. The molecule has 1 amide bonds. The van der Waals surface area contributed by atoms with Crippen LogP contribution in [0.4, 0.5) is 5.69 Å². The zero-order valence-corrected chi connectivity index (χ0v) is 13.7. The molecule has 0 heterocycles. The zero-order valence-electron chi connectivity index (χ0n) is 12.9. The van der Waals surface area contributed by atoms with Crippen molar-refractivity contribution in [2.45, 2.75) is 32.2 Å². The van der Waals surface area contributed by atoms with Crippen LogP contribution in [0, 0.1) is 5.92 Å². The maximum atomic E-state index is 12.1. The summed E-state index contributed by atoms with van der Waals surface area (Å²) < 4.78 is 25.3. The topological polar surface area (TPSA) is 75.3 Å². The molecule has 0 unspecified atom stereocenters. The van der Waals surface area contributed by atoms with Crippen molar-refractivity contribution in [3.05, 3.63) is 42.0 Å². The first-order chi connectivity index (χ1) is 10.3. The average molecular weight is 322 g/mol. The molecule has 0 saturated carbocycles. The fraction of sp³-hybridized carbons (Fsp3) is 0.438. The lowest BCUT2D eigenvalue weighted by Gasteiger charge is -2.19. The Bertz CT molecular complexity index is 668. The first-order valence-corrected chi connectivity index (χ1v) is 9.27. The second kappa shape index (κ2) is 6.96. The molecule has 0 fully saturated rings. The third-order valence-corrected chi connectivity index (χ3v) is 4.25. The summed E-state index contributed by atoms with van der Waals surface area (Å²) in [5.41, 5.74) is 1.25. The Morgan fingerprint density at radius 1 is 1.36 bits per heavy atom. The molecule has 1 aromatic carbocycles. The van der Waals surface area contributed by atoms with Gasteiger partial charge in [0.15, 0.2) is 0 Å². The van der Waals surface area contributed by atoms with E-state index in [-0.39, 0.29) is 11.9 Å². The molecule has 1 aliphatic carbocycles. The minimum atomic E-state index is -3.35. The summed E-state index contributed by atoms with van der Waals surface area (Å²) in [6, 6.07) is 6.83. The lowest BCUT2D eigenvalue weighted by atomic mass is 10.0. The summed E-state index contributed by atoms with van der Waals surface area (Å²) >= 11 is 0. The number of rotatable bonds is 6. The van der Waals surface area contributed by atoms with E-state index < -0.39 is 10.0 Å². The van der Waals surface area contributed by atoms with Crippen LogP contribution in [-0.4, -0.2) is 20.6 Å². The van der Waals surface area contributed by atoms with Crippen molar-refractivity contribution < 1.29 is 13.2 Å². The minimum absolute atomic E-state index is 0.0155. The second-order valence-corrected chi connectivity index (χ2v) is 7.47. The molecular formula is C16H22N2O3S. The van der Waals surface area contributed by atoms with Crippen molar-refractivity contribution in [2.24, 2.45) is 5.92 Å². The van der Waals surface area contributed by atoms with E-state index in [4.69, 9.17) is 0 Å². The van der Waals surface area contributed by atoms with E-state index >= 15 is 0 Å². The molecule has 0 aliphatic heterocycles. The molecule has 0 radical (unpaired) electrons. The first kappa shape index (κ1) is 16.5. The first-order valence-electron chi connectivity index (χ1n) is 7.38. The van der Waals surface area contributed by atoms with E-state index in [1.165, 1.54) is 0 Å². The molecule has 5 nitrogen and oxygen atoms in total. The van der Waals surface area contributed by atoms with Crippen LogP contribution >= 0.6 is 0 Å². The Morgan fingerprint density at radius 2 is 2.09 bits per heavy atom. The van der Waals surface area contributed by atoms with Gasteiger partial charge < -0.3 is 5.32 Å². The molecule has 22 heavy (non-hydrogen) atoms. The third-order valence-electron chi connectivity index (χ3n) is 3.66. The van der Waals surface area contributed by atoms with Crippen LogP contribution in [0.25, 0.3) is 0 Å². The molecule has 120 valence electrons. The van der Waals surface area contributed by atoms with Gasteiger partial charge in [0.1, 0.15) is 0 Å². The molecule has 1 aliphatic rings. The molecule has 0 bridgehead atoms. The lowest BCUT2D eigenvalue weighted by Crippen LogP contribution is -2.28. The number of allylic oxidation sites excluding steroid dienone is 2. The smallest absolute Gasteiger partial charge is 0.229 e. The van der Waals surface area contributed by atoms with Crippen molar-refractivity contribution in [3.63, 3.8) is 0 Å². The Labute approximate surface area is 131 Å².